The summed E-state index contributed by atoms with van der Waals surface area (Å²) in [5.41, 5.74) is 3.01. The summed E-state index contributed by atoms with van der Waals surface area (Å²) in [5.74, 6) is -1.59. The summed E-state index contributed by atoms with van der Waals surface area (Å²) in [6.07, 6.45) is 2.84. The number of nitrogens with one attached hydrogen (secondary N) is 2. The molecule has 0 aliphatic rings. The molecule has 122 valence electrons. The van der Waals surface area contributed by atoms with Gasteiger partial charge in [0.25, 0.3) is 5.91 Å². The fraction of sp³-hybridized carbons (Fsp3) is 0.353. The molecule has 3 N–H and O–H groups in total. The summed E-state index contributed by atoms with van der Waals surface area (Å²) in [4.78, 5) is 22.3. The monoisotopic (exact) mass is 315 g/mol. The minimum Gasteiger partial charge on any atom is -0.481 e. The van der Waals surface area contributed by atoms with Crippen molar-refractivity contribution in [3.8, 4) is 6.07 Å². The molecule has 0 atom stereocenters. The highest BCUT2D eigenvalue weighted by Gasteiger charge is 2.10. The van der Waals surface area contributed by atoms with Crippen LogP contribution in [0.25, 0.3) is 0 Å². The van der Waals surface area contributed by atoms with E-state index in [0.29, 0.717) is 0 Å². The van der Waals surface area contributed by atoms with Gasteiger partial charge in [-0.1, -0.05) is 32.0 Å². The lowest BCUT2D eigenvalue weighted by molar-refractivity contribution is -0.136. The maximum absolute atomic E-state index is 11.9. The number of carboxylic acid groups (broad SMARTS) is 1. The number of carboxylic acids is 1. The molecule has 0 bridgehead atoms. The Labute approximate surface area is 135 Å². The van der Waals surface area contributed by atoms with E-state index >= 15 is 0 Å². The van der Waals surface area contributed by atoms with E-state index in [1.54, 1.807) is 0 Å². The van der Waals surface area contributed by atoms with E-state index in [-0.39, 0.29) is 18.5 Å². The third-order valence-electron chi connectivity index (χ3n) is 3.35. The van der Waals surface area contributed by atoms with Gasteiger partial charge in [0.1, 0.15) is 11.6 Å². The Hall–Kier alpha value is -2.81. The van der Waals surface area contributed by atoms with Gasteiger partial charge >= 0.3 is 5.97 Å². The second-order valence-electron chi connectivity index (χ2n) is 4.87. The molecule has 1 aromatic carbocycles. The second-order valence-corrected chi connectivity index (χ2v) is 4.87. The van der Waals surface area contributed by atoms with Gasteiger partial charge in [0, 0.05) is 18.4 Å². The number of hydrogen-bond donors (Lipinski definition) is 3. The number of nitriles is 1. The van der Waals surface area contributed by atoms with E-state index in [9.17, 15) is 9.59 Å². The van der Waals surface area contributed by atoms with Crippen LogP contribution in [-0.4, -0.2) is 23.5 Å². The van der Waals surface area contributed by atoms with Crippen molar-refractivity contribution < 1.29 is 14.7 Å². The van der Waals surface area contributed by atoms with Crippen LogP contribution >= 0.6 is 0 Å². The molecule has 6 heteroatoms. The largest absolute Gasteiger partial charge is 0.481 e. The highest BCUT2D eigenvalue weighted by Crippen LogP contribution is 2.22. The Kier molecular flexibility index (Phi) is 7.34. The van der Waals surface area contributed by atoms with Gasteiger partial charge in [-0.15, -0.1) is 0 Å². The first-order valence-electron chi connectivity index (χ1n) is 7.51. The SMILES string of the molecule is CCc1cccc(CC)c1N/C=C(/C#N)C(=O)NCCC(=O)O. The Bertz CT molecular complexity index is 623. The van der Waals surface area contributed by atoms with Crippen LogP contribution in [0.5, 0.6) is 0 Å². The number of benzene rings is 1. The molecule has 0 spiro atoms. The molecule has 0 aliphatic carbocycles. The first kappa shape index (κ1) is 18.2. The predicted octanol–water partition coefficient (Wildman–Crippen LogP) is 2.22. The van der Waals surface area contributed by atoms with Crippen molar-refractivity contribution in [1.82, 2.24) is 5.32 Å². The van der Waals surface area contributed by atoms with Crippen LogP contribution < -0.4 is 10.6 Å². The smallest absolute Gasteiger partial charge is 0.305 e. The van der Waals surface area contributed by atoms with Crippen molar-refractivity contribution in [2.24, 2.45) is 0 Å². The van der Waals surface area contributed by atoms with E-state index in [1.807, 2.05) is 38.1 Å². The van der Waals surface area contributed by atoms with Gasteiger partial charge in [-0.05, 0) is 24.0 Å². The number of hydrogen-bond acceptors (Lipinski definition) is 4. The minimum absolute atomic E-state index is 0.0149. The van der Waals surface area contributed by atoms with Crippen LogP contribution in [0.15, 0.2) is 30.0 Å². The quantitative estimate of drug-likeness (QED) is 0.504. The molecule has 23 heavy (non-hydrogen) atoms. The van der Waals surface area contributed by atoms with Crippen molar-refractivity contribution in [3.05, 3.63) is 41.1 Å². The van der Waals surface area contributed by atoms with Gasteiger partial charge in [0.15, 0.2) is 0 Å². The Balaban J connectivity index is 2.87. The summed E-state index contributed by atoms with van der Waals surface area (Å²) in [6.45, 7) is 4.06. The highest BCUT2D eigenvalue weighted by atomic mass is 16.4. The van der Waals surface area contributed by atoms with Crippen molar-refractivity contribution in [2.75, 3.05) is 11.9 Å². The molecule has 1 amide bonds. The maximum atomic E-state index is 11.9. The van der Waals surface area contributed by atoms with Gasteiger partial charge in [-0.3, -0.25) is 9.59 Å². The molecule has 0 fully saturated rings. The van der Waals surface area contributed by atoms with Gasteiger partial charge in [-0.25, -0.2) is 0 Å². The van der Waals surface area contributed by atoms with Crippen LogP contribution in [0.2, 0.25) is 0 Å². The Morgan fingerprint density at radius 1 is 1.26 bits per heavy atom. The first-order chi connectivity index (χ1) is 11.0. The second kappa shape index (κ2) is 9.26. The number of carbonyl (C=O) groups is 2. The molecule has 0 radical (unpaired) electrons. The van der Waals surface area contributed by atoms with Gasteiger partial charge in [-0.2, -0.15) is 5.26 Å². The molecule has 0 heterocycles. The van der Waals surface area contributed by atoms with Crippen LogP contribution in [0, 0.1) is 11.3 Å². The third-order valence-corrected chi connectivity index (χ3v) is 3.35. The molecular formula is C17H21N3O3. The van der Waals surface area contributed by atoms with Crippen molar-refractivity contribution in [3.63, 3.8) is 0 Å². The molecule has 6 nitrogen and oxygen atoms in total. The van der Waals surface area contributed by atoms with Crippen LogP contribution in [-0.2, 0) is 22.4 Å². The Morgan fingerprint density at radius 2 is 1.87 bits per heavy atom. The number of rotatable bonds is 8. The van der Waals surface area contributed by atoms with Gasteiger partial charge in [0.05, 0.1) is 6.42 Å². The third kappa shape index (κ3) is 5.47. The van der Waals surface area contributed by atoms with Crippen LogP contribution in [0.4, 0.5) is 5.69 Å². The lowest BCUT2D eigenvalue weighted by Gasteiger charge is -2.13. The lowest BCUT2D eigenvalue weighted by Crippen LogP contribution is -2.27. The molecule has 1 aromatic rings. The summed E-state index contributed by atoms with van der Waals surface area (Å²) in [5, 5.41) is 23.1. The van der Waals surface area contributed by atoms with E-state index in [1.165, 1.54) is 6.20 Å². The average molecular weight is 315 g/mol. The standard InChI is InChI=1S/C17H21N3O3/c1-3-12-6-5-7-13(4-2)16(12)20-11-14(10-18)17(23)19-9-8-15(21)22/h5-7,11,20H,3-4,8-9H2,1-2H3,(H,19,23)(H,21,22)/b14-11-. The molecule has 1 rings (SSSR count). The average Bonchev–Trinajstić information content (AvgIpc) is 2.54. The van der Waals surface area contributed by atoms with Crippen LogP contribution in [0.1, 0.15) is 31.4 Å². The molecule has 0 unspecified atom stereocenters. The number of anilines is 1. The number of nitrogens with zero attached hydrogens (tertiary/aromatic N) is 1. The van der Waals surface area contributed by atoms with Crippen molar-refractivity contribution in [2.45, 2.75) is 33.1 Å². The highest BCUT2D eigenvalue weighted by molar-refractivity contribution is 5.97. The predicted molar refractivity (Wildman–Crippen MR) is 87.8 cm³/mol. The van der Waals surface area contributed by atoms with E-state index < -0.39 is 11.9 Å². The van der Waals surface area contributed by atoms with Gasteiger partial charge in [0.2, 0.25) is 0 Å². The number of carbonyl (C=O) groups excluding carboxylic acids is 1. The van der Waals surface area contributed by atoms with Crippen LogP contribution in [0.3, 0.4) is 0 Å². The normalized spacial score (nSPS) is 10.7. The number of aliphatic carboxylic acids is 1. The van der Waals surface area contributed by atoms with Crippen molar-refractivity contribution >= 4 is 17.6 Å². The number of aryl methyl sites for hydroxylation is 2. The summed E-state index contributed by atoms with van der Waals surface area (Å²) < 4.78 is 0. The van der Waals surface area contributed by atoms with Crippen molar-refractivity contribution in [1.29, 1.82) is 5.26 Å². The van der Waals surface area contributed by atoms with E-state index in [0.717, 1.165) is 29.7 Å². The zero-order chi connectivity index (χ0) is 17.2. The number of para-hydroxylation sites is 1. The summed E-state index contributed by atoms with van der Waals surface area (Å²) in [6, 6.07) is 7.80. The maximum Gasteiger partial charge on any atom is 0.305 e. The van der Waals surface area contributed by atoms with E-state index in [4.69, 9.17) is 10.4 Å². The lowest BCUT2D eigenvalue weighted by atomic mass is 10.0. The van der Waals surface area contributed by atoms with Gasteiger partial charge < -0.3 is 15.7 Å². The minimum atomic E-state index is -1.00. The number of amides is 1. The molecule has 0 saturated carbocycles. The Morgan fingerprint density at radius 3 is 2.35 bits per heavy atom. The topological polar surface area (TPSA) is 102 Å². The molecular weight excluding hydrogens is 294 g/mol. The fourth-order valence-corrected chi connectivity index (χ4v) is 2.10. The molecule has 0 aliphatic heterocycles. The van der Waals surface area contributed by atoms with E-state index in [2.05, 4.69) is 10.6 Å². The fourth-order valence-electron chi connectivity index (χ4n) is 2.10. The zero-order valence-corrected chi connectivity index (χ0v) is 13.3. The molecule has 0 aromatic heterocycles. The molecule has 0 saturated heterocycles. The summed E-state index contributed by atoms with van der Waals surface area (Å²) >= 11 is 0. The zero-order valence-electron chi connectivity index (χ0n) is 13.3. The first-order valence-corrected chi connectivity index (χ1v) is 7.51. The summed E-state index contributed by atoms with van der Waals surface area (Å²) in [7, 11) is 0.